The van der Waals surface area contributed by atoms with Crippen LogP contribution in [0.4, 0.5) is 4.39 Å². The van der Waals surface area contributed by atoms with Crippen molar-refractivity contribution in [2.45, 2.75) is 30.8 Å². The first-order chi connectivity index (χ1) is 9.76. The Labute approximate surface area is 126 Å². The third-order valence-corrected chi connectivity index (χ3v) is 4.66. The zero-order valence-electron chi connectivity index (χ0n) is 13.0. The van der Waals surface area contributed by atoms with Gasteiger partial charge in [-0.1, -0.05) is 6.07 Å². The van der Waals surface area contributed by atoms with Crippen LogP contribution in [0.3, 0.4) is 0 Å². The van der Waals surface area contributed by atoms with E-state index >= 15 is 0 Å². The predicted octanol–water partition coefficient (Wildman–Crippen LogP) is 1.16. The highest BCUT2D eigenvalue weighted by Gasteiger charge is 2.21. The summed E-state index contributed by atoms with van der Waals surface area (Å²) in [6.45, 7) is 3.02. The van der Waals surface area contributed by atoms with E-state index in [0.29, 0.717) is 18.5 Å². The van der Waals surface area contributed by atoms with E-state index < -0.39 is 15.8 Å². The Kier molecular flexibility index (Phi) is 6.73. The van der Waals surface area contributed by atoms with Gasteiger partial charge in [0.2, 0.25) is 10.0 Å². The molecule has 0 fully saturated rings. The first-order valence-corrected chi connectivity index (χ1v) is 8.34. The van der Waals surface area contributed by atoms with Gasteiger partial charge in [0.05, 0.1) is 0 Å². The number of sulfonamides is 1. The average molecular weight is 317 g/mol. The van der Waals surface area contributed by atoms with Gasteiger partial charge in [0.1, 0.15) is 10.7 Å². The highest BCUT2D eigenvalue weighted by atomic mass is 32.2. The number of rotatable bonds is 8. The summed E-state index contributed by atoms with van der Waals surface area (Å²) in [5.74, 6) is -0.727. The van der Waals surface area contributed by atoms with E-state index in [1.165, 1.54) is 12.1 Å². The first kappa shape index (κ1) is 18.0. The predicted molar refractivity (Wildman–Crippen MR) is 82.1 cm³/mol. The van der Waals surface area contributed by atoms with Gasteiger partial charge in [0.25, 0.3) is 0 Å². The number of nitrogens with zero attached hydrogens (tertiary/aromatic N) is 1. The average Bonchev–Trinajstić information content (AvgIpc) is 2.36. The Morgan fingerprint density at radius 2 is 2.00 bits per heavy atom. The van der Waals surface area contributed by atoms with Gasteiger partial charge in [-0.15, -0.1) is 0 Å². The molecule has 0 aromatic heterocycles. The maximum atomic E-state index is 14.0. The normalized spacial score (nSPS) is 13.6. The second-order valence-electron chi connectivity index (χ2n) is 5.41. The fourth-order valence-corrected chi connectivity index (χ4v) is 3.25. The van der Waals surface area contributed by atoms with Crippen LogP contribution in [0.2, 0.25) is 0 Å². The number of hydrogen-bond donors (Lipinski definition) is 2. The van der Waals surface area contributed by atoms with Crippen molar-refractivity contribution in [2.75, 3.05) is 27.7 Å². The van der Waals surface area contributed by atoms with Gasteiger partial charge in [-0.25, -0.2) is 17.5 Å². The van der Waals surface area contributed by atoms with Gasteiger partial charge in [0.15, 0.2) is 0 Å². The van der Waals surface area contributed by atoms with E-state index in [2.05, 4.69) is 10.0 Å². The lowest BCUT2D eigenvalue weighted by Crippen LogP contribution is -2.35. The minimum atomic E-state index is -3.83. The second-order valence-corrected chi connectivity index (χ2v) is 7.09. The summed E-state index contributed by atoms with van der Waals surface area (Å²) >= 11 is 0. The third-order valence-electron chi connectivity index (χ3n) is 3.03. The fourth-order valence-electron chi connectivity index (χ4n) is 1.92. The Balaban J connectivity index is 2.83. The molecule has 0 saturated carbocycles. The van der Waals surface area contributed by atoms with Crippen LogP contribution in [0.5, 0.6) is 0 Å². The van der Waals surface area contributed by atoms with Crippen LogP contribution in [-0.4, -0.2) is 47.0 Å². The quantitative estimate of drug-likeness (QED) is 0.755. The lowest BCUT2D eigenvalue weighted by atomic mass is 10.2. The highest BCUT2D eigenvalue weighted by Crippen LogP contribution is 2.16. The molecule has 0 heterocycles. The summed E-state index contributed by atoms with van der Waals surface area (Å²) in [6, 6.07) is 3.91. The SMILES string of the molecule is CNCc1ccc(S(=O)(=O)NC(C)CCN(C)C)c(F)c1. The molecule has 1 aromatic carbocycles. The van der Waals surface area contributed by atoms with Gasteiger partial charge in [-0.3, -0.25) is 0 Å². The van der Waals surface area contributed by atoms with E-state index in [0.717, 1.165) is 6.54 Å². The van der Waals surface area contributed by atoms with Crippen molar-refractivity contribution in [3.8, 4) is 0 Å². The minimum Gasteiger partial charge on any atom is -0.316 e. The fraction of sp³-hybridized carbons (Fsp3) is 0.571. The molecule has 1 aromatic rings. The van der Waals surface area contributed by atoms with Crippen LogP contribution in [0, 0.1) is 5.82 Å². The van der Waals surface area contributed by atoms with E-state index in [1.807, 2.05) is 19.0 Å². The molecule has 0 saturated heterocycles. The van der Waals surface area contributed by atoms with Crippen molar-refractivity contribution in [3.05, 3.63) is 29.6 Å². The lowest BCUT2D eigenvalue weighted by molar-refractivity contribution is 0.378. The van der Waals surface area contributed by atoms with Crippen molar-refractivity contribution in [3.63, 3.8) is 0 Å². The molecule has 0 aliphatic carbocycles. The van der Waals surface area contributed by atoms with Gasteiger partial charge in [-0.2, -0.15) is 0 Å². The standard InChI is InChI=1S/C14H24FN3O2S/c1-11(7-8-18(3)4)17-21(19,20)14-6-5-12(10-16-2)9-13(14)15/h5-6,9,11,16-17H,7-8,10H2,1-4H3. The van der Waals surface area contributed by atoms with Gasteiger partial charge in [-0.05, 0) is 58.7 Å². The van der Waals surface area contributed by atoms with Crippen molar-refractivity contribution in [2.24, 2.45) is 0 Å². The molecule has 0 amide bonds. The molecule has 2 N–H and O–H groups in total. The lowest BCUT2D eigenvalue weighted by Gasteiger charge is -2.17. The molecule has 1 unspecified atom stereocenters. The van der Waals surface area contributed by atoms with Gasteiger partial charge in [0, 0.05) is 12.6 Å². The molecule has 0 aliphatic heterocycles. The first-order valence-electron chi connectivity index (χ1n) is 6.86. The Hall–Kier alpha value is -1.02. The summed E-state index contributed by atoms with van der Waals surface area (Å²) in [5.41, 5.74) is 0.703. The molecular weight excluding hydrogens is 293 g/mol. The smallest absolute Gasteiger partial charge is 0.243 e. The van der Waals surface area contributed by atoms with Crippen molar-refractivity contribution in [1.29, 1.82) is 0 Å². The van der Waals surface area contributed by atoms with Crippen LogP contribution in [0.1, 0.15) is 18.9 Å². The van der Waals surface area contributed by atoms with Gasteiger partial charge >= 0.3 is 0 Å². The summed E-state index contributed by atoms with van der Waals surface area (Å²) in [6.07, 6.45) is 0.658. The van der Waals surface area contributed by atoms with Crippen LogP contribution in [0.25, 0.3) is 0 Å². The molecule has 0 bridgehead atoms. The number of nitrogens with one attached hydrogen (secondary N) is 2. The Bertz CT molecular complexity index is 561. The topological polar surface area (TPSA) is 61.4 Å². The molecule has 1 atom stereocenters. The van der Waals surface area contributed by atoms with E-state index in [-0.39, 0.29) is 10.9 Å². The summed E-state index contributed by atoms with van der Waals surface area (Å²) in [4.78, 5) is 1.66. The van der Waals surface area contributed by atoms with E-state index in [4.69, 9.17) is 0 Å². The molecule has 0 radical (unpaired) electrons. The monoisotopic (exact) mass is 317 g/mol. The maximum absolute atomic E-state index is 14.0. The Morgan fingerprint density at radius 3 is 2.52 bits per heavy atom. The Morgan fingerprint density at radius 1 is 1.33 bits per heavy atom. The van der Waals surface area contributed by atoms with Crippen LogP contribution in [-0.2, 0) is 16.6 Å². The van der Waals surface area contributed by atoms with Gasteiger partial charge < -0.3 is 10.2 Å². The molecular formula is C14H24FN3O2S. The molecule has 1 rings (SSSR count). The van der Waals surface area contributed by atoms with Crippen LogP contribution < -0.4 is 10.0 Å². The highest BCUT2D eigenvalue weighted by molar-refractivity contribution is 7.89. The van der Waals surface area contributed by atoms with Crippen molar-refractivity contribution >= 4 is 10.0 Å². The van der Waals surface area contributed by atoms with E-state index in [9.17, 15) is 12.8 Å². The van der Waals surface area contributed by atoms with Crippen molar-refractivity contribution in [1.82, 2.24) is 14.9 Å². The molecule has 7 heteroatoms. The molecule has 21 heavy (non-hydrogen) atoms. The maximum Gasteiger partial charge on any atom is 0.243 e. The van der Waals surface area contributed by atoms with Crippen LogP contribution >= 0.6 is 0 Å². The zero-order valence-corrected chi connectivity index (χ0v) is 13.8. The summed E-state index contributed by atoms with van der Waals surface area (Å²) in [7, 11) is 1.75. The number of hydrogen-bond acceptors (Lipinski definition) is 4. The molecule has 0 aliphatic rings. The number of benzene rings is 1. The largest absolute Gasteiger partial charge is 0.316 e. The minimum absolute atomic E-state index is 0.256. The molecule has 120 valence electrons. The number of halogens is 1. The third kappa shape index (κ3) is 5.70. The van der Waals surface area contributed by atoms with Crippen molar-refractivity contribution < 1.29 is 12.8 Å². The second kappa shape index (κ2) is 7.84. The molecule has 0 spiro atoms. The van der Waals surface area contributed by atoms with E-state index in [1.54, 1.807) is 20.0 Å². The van der Waals surface area contributed by atoms with Crippen LogP contribution in [0.15, 0.2) is 23.1 Å². The molecule has 5 nitrogen and oxygen atoms in total. The zero-order chi connectivity index (χ0) is 16.0. The summed E-state index contributed by atoms with van der Waals surface area (Å²) in [5, 5.41) is 2.89. The summed E-state index contributed by atoms with van der Waals surface area (Å²) < 4.78 is 40.9.